The Morgan fingerprint density at radius 3 is 3.00 bits per heavy atom. The van der Waals surface area contributed by atoms with Crippen molar-refractivity contribution in [3.8, 4) is 0 Å². The Morgan fingerprint density at radius 2 is 2.26 bits per heavy atom. The Balaban J connectivity index is 2.07. The molecule has 4 heteroatoms. The van der Waals surface area contributed by atoms with Crippen LogP contribution in [-0.4, -0.2) is 11.0 Å². The second kappa shape index (κ2) is 4.68. The number of hydrogen-bond donors (Lipinski definition) is 2. The van der Waals surface area contributed by atoms with Gasteiger partial charge in [-0.05, 0) is 37.0 Å². The summed E-state index contributed by atoms with van der Waals surface area (Å²) in [6.45, 7) is 2.20. The number of anilines is 2. The number of nitrogens with zero attached hydrogens (tertiary/aromatic N) is 1. The van der Waals surface area contributed by atoms with Gasteiger partial charge in [-0.15, -0.1) is 0 Å². The number of nitrogen functional groups attached to an aromatic ring is 1. The number of benzene rings is 1. The zero-order chi connectivity index (χ0) is 13.4. The molecule has 3 nitrogen and oxygen atoms in total. The van der Waals surface area contributed by atoms with Crippen molar-refractivity contribution >= 4 is 22.3 Å². The van der Waals surface area contributed by atoms with E-state index in [4.69, 9.17) is 5.73 Å². The highest BCUT2D eigenvalue weighted by atomic mass is 19.1. The average Bonchev–Trinajstić information content (AvgIpc) is 2.80. The summed E-state index contributed by atoms with van der Waals surface area (Å²) in [5.41, 5.74) is 7.40. The minimum atomic E-state index is -0.317. The van der Waals surface area contributed by atoms with Crippen molar-refractivity contribution in [3.63, 3.8) is 0 Å². The summed E-state index contributed by atoms with van der Waals surface area (Å²) in [5.74, 6) is 0.249. The van der Waals surface area contributed by atoms with Crippen LogP contribution in [0.4, 0.5) is 15.8 Å². The lowest BCUT2D eigenvalue weighted by Crippen LogP contribution is -2.22. The number of halogens is 1. The standard InChI is InChI=1S/C15H18FN3/c1-9-4-2-6-13(9)19-15-11(16)8-12(17)10-5-3-7-18-14(10)15/h3,5,7-9,13,19H,2,4,6,17H2,1H3. The zero-order valence-electron chi connectivity index (χ0n) is 11.0. The van der Waals surface area contributed by atoms with Crippen molar-refractivity contribution in [3.05, 3.63) is 30.2 Å². The lowest BCUT2D eigenvalue weighted by molar-refractivity contribution is 0.550. The molecule has 0 bridgehead atoms. The number of nitrogens with two attached hydrogens (primary N) is 1. The summed E-state index contributed by atoms with van der Waals surface area (Å²) in [6, 6.07) is 5.40. The first kappa shape index (κ1) is 12.2. The van der Waals surface area contributed by atoms with Gasteiger partial charge in [0.25, 0.3) is 0 Å². The van der Waals surface area contributed by atoms with Crippen LogP contribution in [0.2, 0.25) is 0 Å². The lowest BCUT2D eigenvalue weighted by Gasteiger charge is -2.20. The van der Waals surface area contributed by atoms with Crippen molar-refractivity contribution in [1.82, 2.24) is 4.98 Å². The maximum Gasteiger partial charge on any atom is 0.150 e. The van der Waals surface area contributed by atoms with E-state index in [1.807, 2.05) is 12.1 Å². The maximum atomic E-state index is 14.2. The smallest absolute Gasteiger partial charge is 0.150 e. The second-order valence-electron chi connectivity index (χ2n) is 5.38. The quantitative estimate of drug-likeness (QED) is 0.811. The molecule has 1 aliphatic rings. The van der Waals surface area contributed by atoms with Crippen LogP contribution in [-0.2, 0) is 0 Å². The summed E-state index contributed by atoms with van der Waals surface area (Å²) in [5, 5.41) is 4.14. The number of nitrogens with one attached hydrogen (secondary N) is 1. The van der Waals surface area contributed by atoms with Gasteiger partial charge in [-0.3, -0.25) is 4.98 Å². The van der Waals surface area contributed by atoms with E-state index in [-0.39, 0.29) is 5.82 Å². The predicted octanol–water partition coefficient (Wildman–Crippen LogP) is 3.56. The Morgan fingerprint density at radius 1 is 1.42 bits per heavy atom. The van der Waals surface area contributed by atoms with Crippen LogP contribution < -0.4 is 11.1 Å². The Labute approximate surface area is 112 Å². The molecule has 1 aliphatic carbocycles. The molecule has 1 heterocycles. The van der Waals surface area contributed by atoms with Crippen LogP contribution in [0, 0.1) is 11.7 Å². The molecule has 0 spiro atoms. The van der Waals surface area contributed by atoms with Crippen molar-refractivity contribution in [2.75, 3.05) is 11.1 Å². The van der Waals surface area contributed by atoms with Crippen molar-refractivity contribution in [2.24, 2.45) is 5.92 Å². The molecule has 100 valence electrons. The first-order chi connectivity index (χ1) is 9.16. The van der Waals surface area contributed by atoms with E-state index < -0.39 is 0 Å². The van der Waals surface area contributed by atoms with E-state index in [9.17, 15) is 4.39 Å². The van der Waals surface area contributed by atoms with E-state index in [2.05, 4.69) is 17.2 Å². The third-order valence-corrected chi connectivity index (χ3v) is 4.07. The van der Waals surface area contributed by atoms with Gasteiger partial charge in [0.1, 0.15) is 0 Å². The highest BCUT2D eigenvalue weighted by Crippen LogP contribution is 2.34. The fraction of sp³-hybridized carbons (Fsp3) is 0.400. The van der Waals surface area contributed by atoms with Gasteiger partial charge in [-0.25, -0.2) is 4.39 Å². The van der Waals surface area contributed by atoms with Crippen LogP contribution in [0.3, 0.4) is 0 Å². The van der Waals surface area contributed by atoms with Gasteiger partial charge in [0.15, 0.2) is 5.82 Å². The molecule has 3 N–H and O–H groups in total. The molecule has 0 amide bonds. The van der Waals surface area contributed by atoms with E-state index >= 15 is 0 Å². The van der Waals surface area contributed by atoms with E-state index in [1.54, 1.807) is 6.20 Å². The molecule has 19 heavy (non-hydrogen) atoms. The van der Waals surface area contributed by atoms with Gasteiger partial charge in [0.05, 0.1) is 11.2 Å². The summed E-state index contributed by atoms with van der Waals surface area (Å²) in [4.78, 5) is 4.29. The topological polar surface area (TPSA) is 50.9 Å². The van der Waals surface area contributed by atoms with Crippen LogP contribution in [0.15, 0.2) is 24.4 Å². The number of rotatable bonds is 2. The number of pyridine rings is 1. The summed E-state index contributed by atoms with van der Waals surface area (Å²) >= 11 is 0. The van der Waals surface area contributed by atoms with Gasteiger partial charge in [-0.1, -0.05) is 13.3 Å². The van der Waals surface area contributed by atoms with Gasteiger partial charge >= 0.3 is 0 Å². The second-order valence-corrected chi connectivity index (χ2v) is 5.38. The van der Waals surface area contributed by atoms with Gasteiger partial charge in [-0.2, -0.15) is 0 Å². The van der Waals surface area contributed by atoms with Crippen LogP contribution in [0.25, 0.3) is 10.9 Å². The largest absolute Gasteiger partial charge is 0.398 e. The fourth-order valence-electron chi connectivity index (χ4n) is 2.92. The molecule has 2 atom stereocenters. The first-order valence-electron chi connectivity index (χ1n) is 6.76. The molecule has 2 aromatic rings. The minimum Gasteiger partial charge on any atom is -0.398 e. The average molecular weight is 259 g/mol. The summed E-state index contributed by atoms with van der Waals surface area (Å²) in [7, 11) is 0. The fourth-order valence-corrected chi connectivity index (χ4v) is 2.92. The van der Waals surface area contributed by atoms with Crippen molar-refractivity contribution < 1.29 is 4.39 Å². The molecular weight excluding hydrogens is 241 g/mol. The molecular formula is C15H18FN3. The molecule has 1 saturated carbocycles. The van der Waals surface area contributed by atoms with Crippen molar-refractivity contribution in [1.29, 1.82) is 0 Å². The van der Waals surface area contributed by atoms with Crippen LogP contribution in [0.1, 0.15) is 26.2 Å². The molecule has 1 aromatic heterocycles. The number of aromatic nitrogens is 1. The summed E-state index contributed by atoms with van der Waals surface area (Å²) < 4.78 is 14.2. The maximum absolute atomic E-state index is 14.2. The molecule has 0 saturated heterocycles. The molecule has 1 aromatic carbocycles. The van der Waals surface area contributed by atoms with Gasteiger partial charge in [0, 0.05) is 23.3 Å². The van der Waals surface area contributed by atoms with Gasteiger partial charge < -0.3 is 11.1 Å². The Hall–Kier alpha value is -1.84. The van der Waals surface area contributed by atoms with E-state index in [0.29, 0.717) is 28.9 Å². The zero-order valence-corrected chi connectivity index (χ0v) is 11.0. The SMILES string of the molecule is CC1CCCC1Nc1c(F)cc(N)c2cccnc12. The van der Waals surface area contributed by atoms with Crippen LogP contribution in [0.5, 0.6) is 0 Å². The molecule has 1 fully saturated rings. The highest BCUT2D eigenvalue weighted by Gasteiger charge is 2.25. The molecule has 0 aliphatic heterocycles. The Kier molecular flexibility index (Phi) is 3.01. The highest BCUT2D eigenvalue weighted by molar-refractivity contribution is 5.98. The predicted molar refractivity (Wildman–Crippen MR) is 76.5 cm³/mol. The first-order valence-corrected chi connectivity index (χ1v) is 6.76. The minimum absolute atomic E-state index is 0.317. The molecule has 3 rings (SSSR count). The van der Waals surface area contributed by atoms with Crippen LogP contribution >= 0.6 is 0 Å². The third kappa shape index (κ3) is 2.11. The third-order valence-electron chi connectivity index (χ3n) is 4.07. The van der Waals surface area contributed by atoms with Gasteiger partial charge in [0.2, 0.25) is 0 Å². The van der Waals surface area contributed by atoms with E-state index in [1.165, 1.54) is 18.9 Å². The lowest BCUT2D eigenvalue weighted by atomic mass is 10.0. The molecule has 0 radical (unpaired) electrons. The van der Waals surface area contributed by atoms with E-state index in [0.717, 1.165) is 11.8 Å². The number of fused-ring (bicyclic) bond motifs is 1. The summed E-state index contributed by atoms with van der Waals surface area (Å²) in [6.07, 6.45) is 5.14. The number of hydrogen-bond acceptors (Lipinski definition) is 3. The van der Waals surface area contributed by atoms with Crippen molar-refractivity contribution in [2.45, 2.75) is 32.2 Å². The normalized spacial score (nSPS) is 22.8. The molecule has 2 unspecified atom stereocenters. The Bertz CT molecular complexity index is 612. The monoisotopic (exact) mass is 259 g/mol.